The Balaban J connectivity index is 2.26. The number of rotatable bonds is 3. The SMILES string of the molecule is Cc1cc(C(=O)Nc2ccccc2N(C)C)ccc1N. The number of nitrogens with two attached hydrogens (primary N) is 1. The Morgan fingerprint density at radius 2 is 1.85 bits per heavy atom. The van der Waals surface area contributed by atoms with E-state index in [1.165, 1.54) is 0 Å². The number of amides is 1. The monoisotopic (exact) mass is 269 g/mol. The van der Waals surface area contributed by atoms with Gasteiger partial charge in [0.15, 0.2) is 0 Å². The third kappa shape index (κ3) is 2.91. The van der Waals surface area contributed by atoms with Crippen LogP contribution in [0.25, 0.3) is 0 Å². The highest BCUT2D eigenvalue weighted by molar-refractivity contribution is 6.06. The molecule has 3 N–H and O–H groups in total. The van der Waals surface area contributed by atoms with Crippen LogP contribution in [-0.4, -0.2) is 20.0 Å². The molecule has 0 fully saturated rings. The molecule has 0 saturated heterocycles. The highest BCUT2D eigenvalue weighted by atomic mass is 16.1. The standard InChI is InChI=1S/C16H19N3O/c1-11-10-12(8-9-13(11)17)16(20)18-14-6-4-5-7-15(14)19(2)3/h4-10H,17H2,1-3H3,(H,18,20). The zero-order valence-corrected chi connectivity index (χ0v) is 12.0. The predicted molar refractivity (Wildman–Crippen MR) is 84.3 cm³/mol. The number of hydrogen-bond donors (Lipinski definition) is 2. The molecule has 0 aliphatic carbocycles. The van der Waals surface area contributed by atoms with Crippen molar-refractivity contribution in [3.8, 4) is 0 Å². The van der Waals surface area contributed by atoms with E-state index in [-0.39, 0.29) is 5.91 Å². The van der Waals surface area contributed by atoms with E-state index in [4.69, 9.17) is 5.73 Å². The number of nitrogens with one attached hydrogen (secondary N) is 1. The number of carbonyl (C=O) groups excluding carboxylic acids is 1. The maximum atomic E-state index is 12.3. The summed E-state index contributed by atoms with van der Waals surface area (Å²) in [6.07, 6.45) is 0. The minimum absolute atomic E-state index is 0.137. The van der Waals surface area contributed by atoms with Crippen LogP contribution in [0.1, 0.15) is 15.9 Å². The van der Waals surface area contributed by atoms with Crippen molar-refractivity contribution < 1.29 is 4.79 Å². The molecule has 4 nitrogen and oxygen atoms in total. The van der Waals surface area contributed by atoms with E-state index < -0.39 is 0 Å². The highest BCUT2D eigenvalue weighted by Crippen LogP contribution is 2.24. The first-order valence-electron chi connectivity index (χ1n) is 6.43. The first kappa shape index (κ1) is 13.9. The third-order valence-corrected chi connectivity index (χ3v) is 3.17. The summed E-state index contributed by atoms with van der Waals surface area (Å²) in [7, 11) is 3.89. The zero-order valence-electron chi connectivity index (χ0n) is 12.0. The van der Waals surface area contributed by atoms with Crippen molar-refractivity contribution in [1.29, 1.82) is 0 Å². The van der Waals surface area contributed by atoms with Gasteiger partial charge in [-0.05, 0) is 42.8 Å². The molecule has 104 valence electrons. The van der Waals surface area contributed by atoms with Gasteiger partial charge >= 0.3 is 0 Å². The number of nitrogens with zero attached hydrogens (tertiary/aromatic N) is 1. The van der Waals surface area contributed by atoms with Crippen LogP contribution in [0.3, 0.4) is 0 Å². The largest absolute Gasteiger partial charge is 0.399 e. The van der Waals surface area contributed by atoms with E-state index in [0.717, 1.165) is 16.9 Å². The van der Waals surface area contributed by atoms with Crippen LogP contribution in [-0.2, 0) is 0 Å². The fourth-order valence-corrected chi connectivity index (χ4v) is 1.98. The van der Waals surface area contributed by atoms with Gasteiger partial charge in [0, 0.05) is 25.3 Å². The molecule has 0 spiro atoms. The summed E-state index contributed by atoms with van der Waals surface area (Å²) in [6, 6.07) is 13.0. The second kappa shape index (κ2) is 5.65. The van der Waals surface area contributed by atoms with Crippen LogP contribution >= 0.6 is 0 Å². The Morgan fingerprint density at radius 3 is 2.50 bits per heavy atom. The lowest BCUT2D eigenvalue weighted by Crippen LogP contribution is -2.16. The van der Waals surface area contributed by atoms with Gasteiger partial charge in [-0.15, -0.1) is 0 Å². The van der Waals surface area contributed by atoms with Crippen molar-refractivity contribution in [1.82, 2.24) is 0 Å². The minimum Gasteiger partial charge on any atom is -0.399 e. The molecule has 1 amide bonds. The van der Waals surface area contributed by atoms with E-state index in [1.54, 1.807) is 18.2 Å². The molecule has 0 unspecified atom stereocenters. The number of benzene rings is 2. The first-order chi connectivity index (χ1) is 9.49. The second-order valence-electron chi connectivity index (χ2n) is 4.94. The summed E-state index contributed by atoms with van der Waals surface area (Å²) in [6.45, 7) is 1.89. The van der Waals surface area contributed by atoms with E-state index in [0.29, 0.717) is 11.3 Å². The van der Waals surface area contributed by atoms with Crippen LogP contribution < -0.4 is 16.0 Å². The van der Waals surface area contributed by atoms with Crippen molar-refractivity contribution in [2.45, 2.75) is 6.92 Å². The lowest BCUT2D eigenvalue weighted by atomic mass is 10.1. The Labute approximate surface area is 119 Å². The van der Waals surface area contributed by atoms with Crippen LogP contribution in [0, 0.1) is 6.92 Å². The van der Waals surface area contributed by atoms with Gasteiger partial charge in [0.05, 0.1) is 11.4 Å². The molecular formula is C16H19N3O. The molecule has 0 atom stereocenters. The summed E-state index contributed by atoms with van der Waals surface area (Å²) in [5, 5.41) is 2.93. The predicted octanol–water partition coefficient (Wildman–Crippen LogP) is 2.90. The van der Waals surface area contributed by atoms with Crippen molar-refractivity contribution in [2.24, 2.45) is 0 Å². The van der Waals surface area contributed by atoms with Gasteiger partial charge in [-0.3, -0.25) is 4.79 Å². The van der Waals surface area contributed by atoms with Crippen molar-refractivity contribution in [3.05, 3.63) is 53.6 Å². The molecule has 2 aromatic rings. The summed E-state index contributed by atoms with van der Waals surface area (Å²) >= 11 is 0. The van der Waals surface area contributed by atoms with E-state index in [2.05, 4.69) is 5.32 Å². The van der Waals surface area contributed by atoms with Crippen molar-refractivity contribution in [2.75, 3.05) is 30.0 Å². The van der Waals surface area contributed by atoms with Crippen LogP contribution in [0.5, 0.6) is 0 Å². The van der Waals surface area contributed by atoms with Gasteiger partial charge in [0.2, 0.25) is 0 Å². The van der Waals surface area contributed by atoms with Crippen molar-refractivity contribution in [3.63, 3.8) is 0 Å². The molecule has 0 radical (unpaired) electrons. The summed E-state index contributed by atoms with van der Waals surface area (Å²) in [5.41, 5.74) is 9.72. The number of anilines is 3. The average Bonchev–Trinajstić information content (AvgIpc) is 2.42. The summed E-state index contributed by atoms with van der Waals surface area (Å²) < 4.78 is 0. The molecule has 4 heteroatoms. The second-order valence-corrected chi connectivity index (χ2v) is 4.94. The molecule has 0 bridgehead atoms. The maximum Gasteiger partial charge on any atom is 0.255 e. The van der Waals surface area contributed by atoms with Crippen LogP contribution in [0.15, 0.2) is 42.5 Å². The molecule has 0 aliphatic rings. The third-order valence-electron chi connectivity index (χ3n) is 3.17. The normalized spacial score (nSPS) is 10.2. The molecular weight excluding hydrogens is 250 g/mol. The van der Waals surface area contributed by atoms with E-state index in [1.807, 2.05) is 50.2 Å². The van der Waals surface area contributed by atoms with E-state index >= 15 is 0 Å². The number of aryl methyl sites for hydroxylation is 1. The van der Waals surface area contributed by atoms with Gasteiger partial charge in [0.25, 0.3) is 5.91 Å². The zero-order chi connectivity index (χ0) is 14.7. The Morgan fingerprint density at radius 1 is 1.15 bits per heavy atom. The van der Waals surface area contributed by atoms with Gasteiger partial charge in [0.1, 0.15) is 0 Å². The molecule has 0 aromatic heterocycles. The molecule has 0 heterocycles. The van der Waals surface area contributed by atoms with Gasteiger partial charge in [-0.25, -0.2) is 0 Å². The average molecular weight is 269 g/mol. The number of para-hydroxylation sites is 2. The summed E-state index contributed by atoms with van der Waals surface area (Å²) in [4.78, 5) is 14.2. The fourth-order valence-electron chi connectivity index (χ4n) is 1.98. The maximum absolute atomic E-state index is 12.3. The number of hydrogen-bond acceptors (Lipinski definition) is 3. The molecule has 2 rings (SSSR count). The number of nitrogen functional groups attached to an aromatic ring is 1. The topological polar surface area (TPSA) is 58.4 Å². The number of carbonyl (C=O) groups is 1. The Bertz CT molecular complexity index is 635. The van der Waals surface area contributed by atoms with Crippen molar-refractivity contribution >= 4 is 23.0 Å². The van der Waals surface area contributed by atoms with Gasteiger partial charge in [-0.1, -0.05) is 12.1 Å². The quantitative estimate of drug-likeness (QED) is 0.842. The Kier molecular flexibility index (Phi) is 3.94. The molecule has 0 saturated carbocycles. The van der Waals surface area contributed by atoms with Gasteiger partial charge < -0.3 is 16.0 Å². The summed E-state index contributed by atoms with van der Waals surface area (Å²) in [5.74, 6) is -0.137. The van der Waals surface area contributed by atoms with Gasteiger partial charge in [-0.2, -0.15) is 0 Å². The molecule has 0 aliphatic heterocycles. The fraction of sp³-hybridized carbons (Fsp3) is 0.188. The van der Waals surface area contributed by atoms with Crippen LogP contribution in [0.4, 0.5) is 17.1 Å². The Hall–Kier alpha value is -2.49. The smallest absolute Gasteiger partial charge is 0.255 e. The lowest BCUT2D eigenvalue weighted by Gasteiger charge is -2.17. The first-order valence-corrected chi connectivity index (χ1v) is 6.43. The molecule has 2 aromatic carbocycles. The van der Waals surface area contributed by atoms with E-state index in [9.17, 15) is 4.79 Å². The molecule has 20 heavy (non-hydrogen) atoms. The minimum atomic E-state index is -0.137. The highest BCUT2D eigenvalue weighted by Gasteiger charge is 2.10. The lowest BCUT2D eigenvalue weighted by molar-refractivity contribution is 0.102. The van der Waals surface area contributed by atoms with Crippen LogP contribution in [0.2, 0.25) is 0 Å².